The number of carbonyl (C=O) groups excluding carboxylic acids is 2. The minimum atomic E-state index is -0.251. The van der Waals surface area contributed by atoms with Crippen molar-refractivity contribution in [1.29, 1.82) is 0 Å². The van der Waals surface area contributed by atoms with Crippen LogP contribution in [0.5, 0.6) is 0 Å². The highest BCUT2D eigenvalue weighted by Gasteiger charge is 2.14. The summed E-state index contributed by atoms with van der Waals surface area (Å²) in [6.07, 6.45) is 0.747. The summed E-state index contributed by atoms with van der Waals surface area (Å²) in [6, 6.07) is 5.55. The minimum absolute atomic E-state index is 0.0353. The lowest BCUT2D eigenvalue weighted by molar-refractivity contribution is -0.126. The number of aromatic nitrogens is 2. The Hall–Kier alpha value is -2.45. The van der Waals surface area contributed by atoms with Gasteiger partial charge in [0.05, 0.1) is 37.3 Å². The zero-order valence-electron chi connectivity index (χ0n) is 15.9. The Morgan fingerprint density at radius 3 is 2.85 bits per heavy atom. The molecule has 1 atom stereocenters. The number of H-pyrrole nitrogens is 1. The highest BCUT2D eigenvalue weighted by molar-refractivity contribution is 5.96. The molecule has 8 nitrogen and oxygen atoms in total. The molecule has 2 aromatic rings. The van der Waals surface area contributed by atoms with Crippen molar-refractivity contribution in [3.63, 3.8) is 0 Å². The largest absolute Gasteiger partial charge is 0.379 e. The number of nitrogens with one attached hydrogen (secondary N) is 3. The van der Waals surface area contributed by atoms with Gasteiger partial charge in [-0.05, 0) is 24.6 Å². The molecule has 27 heavy (non-hydrogen) atoms. The zero-order valence-corrected chi connectivity index (χ0v) is 15.9. The second-order valence-corrected chi connectivity index (χ2v) is 6.88. The molecule has 1 aromatic carbocycles. The van der Waals surface area contributed by atoms with Crippen molar-refractivity contribution in [3.05, 3.63) is 24.0 Å². The van der Waals surface area contributed by atoms with E-state index < -0.39 is 0 Å². The van der Waals surface area contributed by atoms with Gasteiger partial charge in [0.25, 0.3) is 0 Å². The van der Waals surface area contributed by atoms with Gasteiger partial charge in [0, 0.05) is 24.7 Å². The second-order valence-electron chi connectivity index (χ2n) is 6.88. The van der Waals surface area contributed by atoms with Gasteiger partial charge in [0.2, 0.25) is 11.8 Å². The maximum atomic E-state index is 12.1. The molecule has 0 radical (unpaired) electrons. The maximum Gasteiger partial charge on any atom is 0.243 e. The number of hydrogen-bond donors (Lipinski definition) is 3. The molecule has 1 fully saturated rings. The van der Waals surface area contributed by atoms with Crippen LogP contribution in [-0.2, 0) is 20.9 Å². The summed E-state index contributed by atoms with van der Waals surface area (Å²) in [5.74, 6) is 0.448. The van der Waals surface area contributed by atoms with Crippen molar-refractivity contribution >= 4 is 28.5 Å². The first-order chi connectivity index (χ1) is 13.0. The number of rotatable bonds is 7. The van der Waals surface area contributed by atoms with Gasteiger partial charge >= 0.3 is 0 Å². The molecule has 3 N–H and O–H groups in total. The Labute approximate surface area is 158 Å². The molecular formula is C19H27N5O3. The van der Waals surface area contributed by atoms with E-state index in [4.69, 9.17) is 4.74 Å². The SMILES string of the molecule is CCC(C)C(=O)NCC(=O)Nc1ccc2nc(CN3CCOCC3)[nH]c2c1. The molecule has 2 heterocycles. The molecule has 146 valence electrons. The summed E-state index contributed by atoms with van der Waals surface area (Å²) >= 11 is 0. The number of ether oxygens (including phenoxy) is 1. The highest BCUT2D eigenvalue weighted by atomic mass is 16.5. The normalized spacial score (nSPS) is 16.2. The minimum Gasteiger partial charge on any atom is -0.379 e. The van der Waals surface area contributed by atoms with Crippen LogP contribution in [0.1, 0.15) is 26.1 Å². The average molecular weight is 373 g/mol. The van der Waals surface area contributed by atoms with Crippen LogP contribution < -0.4 is 10.6 Å². The number of morpholine rings is 1. The molecule has 0 bridgehead atoms. The van der Waals surface area contributed by atoms with Gasteiger partial charge in [0.1, 0.15) is 5.82 Å². The van der Waals surface area contributed by atoms with E-state index in [9.17, 15) is 9.59 Å². The van der Waals surface area contributed by atoms with Crippen LogP contribution in [0.25, 0.3) is 11.0 Å². The van der Waals surface area contributed by atoms with Crippen LogP contribution in [0.3, 0.4) is 0 Å². The predicted octanol–water partition coefficient (Wildman–Crippen LogP) is 1.50. The number of aromatic amines is 1. The molecule has 0 spiro atoms. The first kappa shape index (κ1) is 19.3. The number of amides is 2. The number of imidazole rings is 1. The third-order valence-corrected chi connectivity index (χ3v) is 4.77. The van der Waals surface area contributed by atoms with E-state index in [0.717, 1.165) is 56.1 Å². The van der Waals surface area contributed by atoms with Gasteiger partial charge in [0.15, 0.2) is 0 Å². The Bertz CT molecular complexity index is 798. The summed E-state index contributed by atoms with van der Waals surface area (Å²) in [7, 11) is 0. The second kappa shape index (κ2) is 8.96. The maximum absolute atomic E-state index is 12.1. The van der Waals surface area contributed by atoms with Crippen LogP contribution in [0.15, 0.2) is 18.2 Å². The third-order valence-electron chi connectivity index (χ3n) is 4.77. The smallest absolute Gasteiger partial charge is 0.243 e. The number of fused-ring (bicyclic) bond motifs is 1. The van der Waals surface area contributed by atoms with Crippen LogP contribution >= 0.6 is 0 Å². The monoisotopic (exact) mass is 373 g/mol. The van der Waals surface area contributed by atoms with E-state index in [1.54, 1.807) is 0 Å². The third kappa shape index (κ3) is 5.27. The molecular weight excluding hydrogens is 346 g/mol. The Balaban J connectivity index is 1.57. The van der Waals surface area contributed by atoms with Gasteiger partial charge < -0.3 is 20.4 Å². The molecule has 1 aromatic heterocycles. The molecule has 1 saturated heterocycles. The highest BCUT2D eigenvalue weighted by Crippen LogP contribution is 2.18. The zero-order chi connectivity index (χ0) is 19.2. The average Bonchev–Trinajstić information content (AvgIpc) is 3.07. The number of hydrogen-bond acceptors (Lipinski definition) is 5. The van der Waals surface area contributed by atoms with Crippen LogP contribution in [-0.4, -0.2) is 59.5 Å². The molecule has 1 unspecified atom stereocenters. The van der Waals surface area contributed by atoms with Gasteiger partial charge in [-0.25, -0.2) is 4.98 Å². The lowest BCUT2D eigenvalue weighted by Crippen LogP contribution is -2.35. The van der Waals surface area contributed by atoms with Crippen molar-refractivity contribution in [1.82, 2.24) is 20.2 Å². The summed E-state index contributed by atoms with van der Waals surface area (Å²) < 4.78 is 5.36. The van der Waals surface area contributed by atoms with Crippen molar-refractivity contribution in [2.24, 2.45) is 5.92 Å². The summed E-state index contributed by atoms with van der Waals surface area (Å²) in [5.41, 5.74) is 2.41. The quantitative estimate of drug-likeness (QED) is 0.683. The molecule has 0 aliphatic carbocycles. The van der Waals surface area contributed by atoms with Gasteiger partial charge in [-0.2, -0.15) is 0 Å². The Morgan fingerprint density at radius 1 is 1.33 bits per heavy atom. The summed E-state index contributed by atoms with van der Waals surface area (Å²) in [5, 5.41) is 5.46. The fourth-order valence-corrected chi connectivity index (χ4v) is 2.92. The fraction of sp³-hybridized carbons (Fsp3) is 0.526. The van der Waals surface area contributed by atoms with Crippen molar-refractivity contribution < 1.29 is 14.3 Å². The topological polar surface area (TPSA) is 99.3 Å². The van der Waals surface area contributed by atoms with E-state index >= 15 is 0 Å². The predicted molar refractivity (Wildman–Crippen MR) is 103 cm³/mol. The first-order valence-electron chi connectivity index (χ1n) is 9.41. The van der Waals surface area contributed by atoms with Crippen LogP contribution in [0.2, 0.25) is 0 Å². The van der Waals surface area contributed by atoms with Crippen molar-refractivity contribution in [3.8, 4) is 0 Å². The number of carbonyl (C=O) groups is 2. The van der Waals surface area contributed by atoms with Crippen molar-refractivity contribution in [2.45, 2.75) is 26.8 Å². The lowest BCUT2D eigenvalue weighted by atomic mass is 10.1. The summed E-state index contributed by atoms with van der Waals surface area (Å²) in [6.45, 7) is 7.81. The van der Waals surface area contributed by atoms with E-state index in [0.29, 0.717) is 5.69 Å². The molecule has 1 aliphatic rings. The lowest BCUT2D eigenvalue weighted by Gasteiger charge is -2.25. The van der Waals surface area contributed by atoms with E-state index in [2.05, 4.69) is 25.5 Å². The first-order valence-corrected chi connectivity index (χ1v) is 9.41. The van der Waals surface area contributed by atoms with Crippen LogP contribution in [0.4, 0.5) is 5.69 Å². The molecule has 0 saturated carbocycles. The van der Waals surface area contributed by atoms with Crippen molar-refractivity contribution in [2.75, 3.05) is 38.2 Å². The Morgan fingerprint density at radius 2 is 2.11 bits per heavy atom. The number of benzene rings is 1. The number of nitrogens with zero attached hydrogens (tertiary/aromatic N) is 2. The van der Waals surface area contributed by atoms with E-state index in [-0.39, 0.29) is 24.3 Å². The Kier molecular flexibility index (Phi) is 6.41. The van der Waals surface area contributed by atoms with Gasteiger partial charge in [-0.1, -0.05) is 13.8 Å². The fourth-order valence-electron chi connectivity index (χ4n) is 2.92. The summed E-state index contributed by atoms with van der Waals surface area (Å²) in [4.78, 5) is 34.0. The van der Waals surface area contributed by atoms with Crippen LogP contribution in [0, 0.1) is 5.92 Å². The standard InChI is InChI=1S/C19H27N5O3/c1-3-13(2)19(26)20-11-18(25)21-14-4-5-15-16(10-14)23-17(22-15)12-24-6-8-27-9-7-24/h4-5,10,13H,3,6-9,11-12H2,1-2H3,(H,20,26)(H,21,25)(H,22,23). The van der Waals surface area contributed by atoms with Gasteiger partial charge in [-0.3, -0.25) is 14.5 Å². The van der Waals surface area contributed by atoms with E-state index in [1.807, 2.05) is 32.0 Å². The van der Waals surface area contributed by atoms with Gasteiger partial charge in [-0.15, -0.1) is 0 Å². The molecule has 3 rings (SSSR count). The molecule has 8 heteroatoms. The molecule has 1 aliphatic heterocycles. The van der Waals surface area contributed by atoms with E-state index in [1.165, 1.54) is 0 Å². The molecule has 2 amide bonds. The number of anilines is 1.